The number of amides is 1. The summed E-state index contributed by atoms with van der Waals surface area (Å²) in [5.74, 6) is 2.57. The van der Waals surface area contributed by atoms with E-state index in [-0.39, 0.29) is 17.2 Å². The van der Waals surface area contributed by atoms with Crippen molar-refractivity contribution in [3.63, 3.8) is 0 Å². The highest BCUT2D eigenvalue weighted by atomic mass is 32.2. The monoisotopic (exact) mass is 354 g/mol. The smallest absolute Gasteiger partial charge is 0.233 e. The van der Waals surface area contributed by atoms with Crippen molar-refractivity contribution in [1.29, 1.82) is 0 Å². The van der Waals surface area contributed by atoms with Crippen LogP contribution < -0.4 is 5.32 Å². The summed E-state index contributed by atoms with van der Waals surface area (Å²) in [5.41, 5.74) is 0.982. The van der Waals surface area contributed by atoms with Gasteiger partial charge in [0.05, 0.1) is 15.8 Å². The van der Waals surface area contributed by atoms with Gasteiger partial charge in [-0.1, -0.05) is 42.4 Å². The Balaban J connectivity index is 1.36. The van der Waals surface area contributed by atoms with Gasteiger partial charge in [0.1, 0.15) is 0 Å². The van der Waals surface area contributed by atoms with Crippen LogP contribution in [0, 0.1) is 17.8 Å². The molecule has 1 aromatic carbocycles. The van der Waals surface area contributed by atoms with Crippen LogP contribution >= 0.6 is 11.8 Å². The first-order chi connectivity index (χ1) is 12.1. The van der Waals surface area contributed by atoms with Gasteiger partial charge in [-0.25, -0.2) is 4.98 Å². The average Bonchev–Trinajstić information content (AvgIpc) is 3.25. The maximum absolute atomic E-state index is 12.6. The number of hydrogen-bond donors (Lipinski definition) is 1. The summed E-state index contributed by atoms with van der Waals surface area (Å²) < 4.78 is 0. The molecule has 0 saturated heterocycles. The van der Waals surface area contributed by atoms with E-state index in [9.17, 15) is 4.79 Å². The number of pyridine rings is 1. The van der Waals surface area contributed by atoms with Gasteiger partial charge in [0, 0.05) is 11.4 Å². The second-order valence-corrected chi connectivity index (χ2v) is 9.10. The quantitative estimate of drug-likeness (QED) is 0.794. The zero-order valence-corrected chi connectivity index (χ0v) is 15.8. The SMILES string of the molecule is CC(Sc1ccc2ccccc2n1)C(=O)NC(C)C1CC2CCC1C2. The fourth-order valence-electron chi connectivity index (χ4n) is 4.70. The van der Waals surface area contributed by atoms with Gasteiger partial charge < -0.3 is 5.32 Å². The second kappa shape index (κ2) is 6.99. The Hall–Kier alpha value is -1.55. The number of thioether (sulfide) groups is 1. The van der Waals surface area contributed by atoms with Gasteiger partial charge in [0.15, 0.2) is 0 Å². The highest BCUT2D eigenvalue weighted by Crippen LogP contribution is 2.49. The Morgan fingerprint density at radius 3 is 2.76 bits per heavy atom. The van der Waals surface area contributed by atoms with E-state index in [4.69, 9.17) is 0 Å². The summed E-state index contributed by atoms with van der Waals surface area (Å²) in [6.45, 7) is 4.17. The number of nitrogens with one attached hydrogen (secondary N) is 1. The third-order valence-electron chi connectivity index (χ3n) is 6.04. The first-order valence-electron chi connectivity index (χ1n) is 9.43. The van der Waals surface area contributed by atoms with Crippen molar-refractivity contribution in [1.82, 2.24) is 10.3 Å². The van der Waals surface area contributed by atoms with E-state index in [0.717, 1.165) is 27.8 Å². The number of nitrogens with zero attached hydrogens (tertiary/aromatic N) is 1. The fourth-order valence-corrected chi connectivity index (χ4v) is 5.54. The second-order valence-electron chi connectivity index (χ2n) is 7.74. The molecule has 1 aromatic heterocycles. The molecule has 5 unspecified atom stereocenters. The number of para-hydroxylation sites is 1. The predicted octanol–water partition coefficient (Wildman–Crippen LogP) is 4.66. The van der Waals surface area contributed by atoms with E-state index in [1.807, 2.05) is 31.2 Å². The molecule has 1 heterocycles. The van der Waals surface area contributed by atoms with Crippen LogP contribution in [0.3, 0.4) is 0 Å². The molecule has 5 atom stereocenters. The van der Waals surface area contributed by atoms with E-state index in [2.05, 4.69) is 29.4 Å². The third kappa shape index (κ3) is 3.55. The maximum atomic E-state index is 12.6. The van der Waals surface area contributed by atoms with Crippen molar-refractivity contribution in [3.05, 3.63) is 36.4 Å². The molecule has 4 heteroatoms. The number of carbonyl (C=O) groups excluding carboxylic acids is 1. The van der Waals surface area contributed by atoms with Crippen molar-refractivity contribution in [3.8, 4) is 0 Å². The summed E-state index contributed by atoms with van der Waals surface area (Å²) in [7, 11) is 0. The van der Waals surface area contributed by atoms with Gasteiger partial charge >= 0.3 is 0 Å². The lowest BCUT2D eigenvalue weighted by Gasteiger charge is -2.29. The molecule has 2 aliphatic rings. The molecule has 3 nitrogen and oxygen atoms in total. The Labute approximate surface area is 154 Å². The first kappa shape index (κ1) is 16.9. The van der Waals surface area contributed by atoms with Crippen LogP contribution in [0.4, 0.5) is 0 Å². The summed E-state index contributed by atoms with van der Waals surface area (Å²) in [4.78, 5) is 17.3. The molecule has 132 valence electrons. The number of benzene rings is 1. The zero-order chi connectivity index (χ0) is 17.4. The summed E-state index contributed by atoms with van der Waals surface area (Å²) in [6, 6.07) is 12.5. The summed E-state index contributed by atoms with van der Waals surface area (Å²) in [5, 5.41) is 5.19. The Morgan fingerprint density at radius 2 is 2.00 bits per heavy atom. The Kier molecular flexibility index (Phi) is 4.72. The van der Waals surface area contributed by atoms with Gasteiger partial charge in [0.25, 0.3) is 0 Å². The largest absolute Gasteiger partial charge is 0.352 e. The van der Waals surface area contributed by atoms with E-state index in [1.54, 1.807) is 11.8 Å². The highest BCUT2D eigenvalue weighted by Gasteiger charge is 2.42. The normalized spacial score (nSPS) is 27.4. The van der Waals surface area contributed by atoms with Gasteiger partial charge in [-0.3, -0.25) is 4.79 Å². The van der Waals surface area contributed by atoms with Crippen LogP contribution in [-0.4, -0.2) is 22.2 Å². The highest BCUT2D eigenvalue weighted by molar-refractivity contribution is 8.00. The summed E-state index contributed by atoms with van der Waals surface area (Å²) >= 11 is 1.54. The molecular formula is C21H26N2OS. The van der Waals surface area contributed by atoms with Gasteiger partial charge in [-0.15, -0.1) is 0 Å². The lowest BCUT2D eigenvalue weighted by molar-refractivity contribution is -0.121. The standard InChI is InChI=1S/C21H26N2OS/c1-13(18-12-15-7-8-17(18)11-15)22-21(24)14(2)25-20-10-9-16-5-3-4-6-19(16)23-20/h3-6,9-10,13-15,17-18H,7-8,11-12H2,1-2H3,(H,22,24). The molecule has 2 aromatic rings. The molecular weight excluding hydrogens is 328 g/mol. The molecule has 2 aliphatic carbocycles. The van der Waals surface area contributed by atoms with Crippen molar-refractivity contribution < 1.29 is 4.79 Å². The average molecular weight is 355 g/mol. The third-order valence-corrected chi connectivity index (χ3v) is 7.08. The molecule has 4 rings (SSSR count). The van der Waals surface area contributed by atoms with Crippen molar-refractivity contribution >= 4 is 28.6 Å². The number of hydrogen-bond acceptors (Lipinski definition) is 3. The number of carbonyl (C=O) groups is 1. The fraction of sp³-hybridized carbons (Fsp3) is 0.524. The Bertz CT molecular complexity index is 777. The van der Waals surface area contributed by atoms with Crippen LogP contribution in [-0.2, 0) is 4.79 Å². The van der Waals surface area contributed by atoms with Crippen LogP contribution in [0.1, 0.15) is 39.5 Å². The molecule has 1 N–H and O–H groups in total. The van der Waals surface area contributed by atoms with Crippen LogP contribution in [0.2, 0.25) is 0 Å². The molecule has 1 amide bonds. The van der Waals surface area contributed by atoms with Crippen molar-refractivity contribution in [2.75, 3.05) is 0 Å². The predicted molar refractivity (Wildman–Crippen MR) is 104 cm³/mol. The van der Waals surface area contributed by atoms with Crippen LogP contribution in [0.15, 0.2) is 41.4 Å². The Morgan fingerprint density at radius 1 is 1.16 bits per heavy atom. The number of rotatable bonds is 5. The maximum Gasteiger partial charge on any atom is 0.233 e. The molecule has 2 fully saturated rings. The lowest BCUT2D eigenvalue weighted by Crippen LogP contribution is -2.43. The van der Waals surface area contributed by atoms with E-state index < -0.39 is 0 Å². The van der Waals surface area contributed by atoms with Crippen molar-refractivity contribution in [2.24, 2.45) is 17.8 Å². The lowest BCUT2D eigenvalue weighted by atomic mass is 9.84. The van der Waals surface area contributed by atoms with E-state index >= 15 is 0 Å². The molecule has 0 radical (unpaired) electrons. The minimum atomic E-state index is -0.130. The number of fused-ring (bicyclic) bond motifs is 3. The first-order valence-corrected chi connectivity index (χ1v) is 10.3. The molecule has 2 saturated carbocycles. The molecule has 25 heavy (non-hydrogen) atoms. The van der Waals surface area contributed by atoms with E-state index in [0.29, 0.717) is 5.92 Å². The molecule has 0 spiro atoms. The van der Waals surface area contributed by atoms with Crippen LogP contribution in [0.5, 0.6) is 0 Å². The summed E-state index contributed by atoms with van der Waals surface area (Å²) in [6.07, 6.45) is 5.46. The zero-order valence-electron chi connectivity index (χ0n) is 14.9. The minimum Gasteiger partial charge on any atom is -0.352 e. The topological polar surface area (TPSA) is 42.0 Å². The molecule has 2 bridgehead atoms. The van der Waals surface area contributed by atoms with E-state index in [1.165, 1.54) is 25.7 Å². The van der Waals surface area contributed by atoms with Gasteiger partial charge in [-0.05, 0) is 63.0 Å². The van der Waals surface area contributed by atoms with Crippen LogP contribution in [0.25, 0.3) is 10.9 Å². The molecule has 0 aliphatic heterocycles. The van der Waals surface area contributed by atoms with Gasteiger partial charge in [0.2, 0.25) is 5.91 Å². The number of aromatic nitrogens is 1. The van der Waals surface area contributed by atoms with Gasteiger partial charge in [-0.2, -0.15) is 0 Å². The minimum absolute atomic E-state index is 0.130. The van der Waals surface area contributed by atoms with Crippen molar-refractivity contribution in [2.45, 2.75) is 55.8 Å².